The zero-order chi connectivity index (χ0) is 24.7. The summed E-state index contributed by atoms with van der Waals surface area (Å²) >= 11 is 0. The van der Waals surface area contributed by atoms with Crippen molar-refractivity contribution in [2.45, 2.75) is 19.8 Å². The van der Waals surface area contributed by atoms with Crippen molar-refractivity contribution in [2.75, 3.05) is 22.1 Å². The Kier molecular flexibility index (Phi) is 5.49. The van der Waals surface area contributed by atoms with Crippen molar-refractivity contribution in [2.24, 2.45) is 0 Å². The number of aryl methyl sites for hydroxylation is 2. The van der Waals surface area contributed by atoms with Crippen molar-refractivity contribution >= 4 is 51.4 Å². The van der Waals surface area contributed by atoms with Gasteiger partial charge in [-0.05, 0) is 77.2 Å². The summed E-state index contributed by atoms with van der Waals surface area (Å²) < 4.78 is 0. The molecule has 0 spiro atoms. The molecule has 4 aromatic carbocycles. The molecule has 1 aliphatic rings. The van der Waals surface area contributed by atoms with Crippen LogP contribution in [0.1, 0.15) is 38.5 Å². The van der Waals surface area contributed by atoms with Crippen LogP contribution in [0.4, 0.5) is 22.7 Å². The van der Waals surface area contributed by atoms with Crippen LogP contribution in [0.25, 0.3) is 16.8 Å². The molecular weight excluding hydrogens is 436 g/mol. The smallest absolute Gasteiger partial charge is 0.256 e. The molecule has 0 radical (unpaired) electrons. The second-order valence-electron chi connectivity index (χ2n) is 8.90. The molecule has 0 fully saturated rings. The topological polar surface area (TPSA) is 110 Å². The van der Waals surface area contributed by atoms with Gasteiger partial charge >= 0.3 is 0 Å². The Morgan fingerprint density at radius 1 is 0.800 bits per heavy atom. The van der Waals surface area contributed by atoms with E-state index in [1.54, 1.807) is 12.1 Å². The number of nitrogens with one attached hydrogen (secondary N) is 2. The van der Waals surface area contributed by atoms with Crippen molar-refractivity contribution in [3.05, 3.63) is 101 Å². The van der Waals surface area contributed by atoms with E-state index < -0.39 is 5.92 Å². The fourth-order valence-corrected chi connectivity index (χ4v) is 4.45. The Bertz CT molecular complexity index is 1540. The highest BCUT2D eigenvalue weighted by Crippen LogP contribution is 2.37. The third-order valence-electron chi connectivity index (χ3n) is 6.52. The molecule has 0 aromatic heterocycles. The van der Waals surface area contributed by atoms with E-state index in [9.17, 15) is 9.59 Å². The maximum Gasteiger partial charge on any atom is 0.256 e. The van der Waals surface area contributed by atoms with Crippen LogP contribution >= 0.6 is 0 Å². The lowest BCUT2D eigenvalue weighted by atomic mass is 9.83. The minimum atomic E-state index is -0.496. The van der Waals surface area contributed by atoms with Crippen LogP contribution in [0.5, 0.6) is 0 Å². The van der Waals surface area contributed by atoms with Crippen molar-refractivity contribution < 1.29 is 9.59 Å². The lowest BCUT2D eigenvalue weighted by Gasteiger charge is -2.22. The Hall–Kier alpha value is -4.58. The van der Waals surface area contributed by atoms with Crippen molar-refractivity contribution in [1.82, 2.24) is 0 Å². The fourth-order valence-electron chi connectivity index (χ4n) is 4.45. The zero-order valence-electron chi connectivity index (χ0n) is 19.6. The standard InChI is InChI=1S/C29H26N4O2/c1-16-6-9-19(14-25(16)30)32-28(34)23-11-8-18-4-3-5-21-24(13-12-22(23)27(18)21)29(35)33-20-10-7-17(2)26(31)15-20/h3-15,24H,30-31H2,1-2H3,(H,32,34)(H,33,35). The first-order valence-corrected chi connectivity index (χ1v) is 11.4. The Balaban J connectivity index is 1.49. The van der Waals surface area contributed by atoms with E-state index in [0.29, 0.717) is 28.3 Å². The Morgan fingerprint density at radius 3 is 2.11 bits per heavy atom. The van der Waals surface area contributed by atoms with Gasteiger partial charge in [-0.1, -0.05) is 48.6 Å². The summed E-state index contributed by atoms with van der Waals surface area (Å²) in [5, 5.41) is 7.78. The van der Waals surface area contributed by atoms with Gasteiger partial charge in [0.05, 0.1) is 5.92 Å². The number of carbonyl (C=O) groups excluding carboxylic acids is 2. The lowest BCUT2D eigenvalue weighted by Crippen LogP contribution is -2.22. The van der Waals surface area contributed by atoms with E-state index in [0.717, 1.165) is 33.0 Å². The van der Waals surface area contributed by atoms with Gasteiger partial charge in [-0.2, -0.15) is 0 Å². The van der Waals surface area contributed by atoms with Gasteiger partial charge in [0.2, 0.25) is 5.91 Å². The van der Waals surface area contributed by atoms with Crippen LogP contribution in [0.2, 0.25) is 0 Å². The maximum atomic E-state index is 13.2. The quantitative estimate of drug-likeness (QED) is 0.295. The summed E-state index contributed by atoms with van der Waals surface area (Å²) in [6.45, 7) is 3.84. The minimum Gasteiger partial charge on any atom is -0.398 e. The molecular formula is C29H26N4O2. The van der Waals surface area contributed by atoms with Crippen molar-refractivity contribution in [3.8, 4) is 0 Å². The molecule has 1 atom stereocenters. The average Bonchev–Trinajstić information content (AvgIpc) is 2.84. The molecule has 4 aromatic rings. The molecule has 6 N–H and O–H groups in total. The first-order chi connectivity index (χ1) is 16.8. The van der Waals surface area contributed by atoms with Gasteiger partial charge < -0.3 is 22.1 Å². The van der Waals surface area contributed by atoms with Crippen LogP contribution in [0.15, 0.2) is 72.8 Å². The zero-order valence-corrected chi connectivity index (χ0v) is 19.6. The fraction of sp³-hybridized carbons (Fsp3) is 0.103. The molecule has 0 bridgehead atoms. The summed E-state index contributed by atoms with van der Waals surface area (Å²) in [5.74, 6) is -0.890. The number of hydrogen-bond donors (Lipinski definition) is 4. The molecule has 1 unspecified atom stereocenters. The molecule has 0 saturated heterocycles. The highest BCUT2D eigenvalue weighted by atomic mass is 16.2. The minimum absolute atomic E-state index is 0.160. The van der Waals surface area contributed by atoms with Crippen LogP contribution in [-0.2, 0) is 4.79 Å². The largest absolute Gasteiger partial charge is 0.398 e. The molecule has 5 rings (SSSR count). The van der Waals surface area contributed by atoms with Crippen molar-refractivity contribution in [3.63, 3.8) is 0 Å². The molecule has 0 saturated carbocycles. The molecule has 1 aliphatic carbocycles. The number of carbonyl (C=O) groups is 2. The molecule has 0 heterocycles. The van der Waals surface area contributed by atoms with E-state index in [-0.39, 0.29) is 11.8 Å². The van der Waals surface area contributed by atoms with E-state index >= 15 is 0 Å². The molecule has 35 heavy (non-hydrogen) atoms. The summed E-state index contributed by atoms with van der Waals surface area (Å²) in [6.07, 6.45) is 3.70. The van der Waals surface area contributed by atoms with Crippen LogP contribution in [-0.4, -0.2) is 11.8 Å². The average molecular weight is 463 g/mol. The van der Waals surface area contributed by atoms with Gasteiger partial charge in [0.25, 0.3) is 5.91 Å². The van der Waals surface area contributed by atoms with Crippen LogP contribution in [0, 0.1) is 13.8 Å². The third kappa shape index (κ3) is 4.10. The third-order valence-corrected chi connectivity index (χ3v) is 6.52. The normalized spacial score (nSPS) is 14.1. The van der Waals surface area contributed by atoms with E-state index in [2.05, 4.69) is 10.6 Å². The van der Waals surface area contributed by atoms with Crippen LogP contribution < -0.4 is 22.1 Å². The second-order valence-corrected chi connectivity index (χ2v) is 8.90. The van der Waals surface area contributed by atoms with Gasteiger partial charge in [0.1, 0.15) is 0 Å². The molecule has 2 amide bonds. The summed E-state index contributed by atoms with van der Waals surface area (Å²) in [4.78, 5) is 26.4. The SMILES string of the molecule is Cc1ccc(NC(=O)c2ccc3cccc4c3c2C=CC4C(=O)Nc2ccc(C)c(N)c2)cc1N. The Labute approximate surface area is 203 Å². The Morgan fingerprint density at radius 2 is 1.46 bits per heavy atom. The molecule has 6 nitrogen and oxygen atoms in total. The predicted molar refractivity (Wildman–Crippen MR) is 143 cm³/mol. The molecule has 174 valence electrons. The van der Waals surface area contributed by atoms with Gasteiger partial charge in [0.15, 0.2) is 0 Å². The number of hydrogen-bond acceptors (Lipinski definition) is 4. The van der Waals surface area contributed by atoms with E-state index in [1.165, 1.54) is 0 Å². The first kappa shape index (κ1) is 22.2. The molecule has 6 heteroatoms. The van der Waals surface area contributed by atoms with Gasteiger partial charge in [0, 0.05) is 28.3 Å². The molecule has 0 aliphatic heterocycles. The number of nitrogens with two attached hydrogens (primary N) is 2. The van der Waals surface area contributed by atoms with Crippen molar-refractivity contribution in [1.29, 1.82) is 0 Å². The number of anilines is 4. The maximum absolute atomic E-state index is 13.2. The number of amides is 2. The van der Waals surface area contributed by atoms with E-state index in [4.69, 9.17) is 11.5 Å². The highest BCUT2D eigenvalue weighted by Gasteiger charge is 2.26. The van der Waals surface area contributed by atoms with E-state index in [1.807, 2.05) is 80.6 Å². The monoisotopic (exact) mass is 462 g/mol. The highest BCUT2D eigenvalue weighted by molar-refractivity contribution is 6.13. The van der Waals surface area contributed by atoms with Gasteiger partial charge in [-0.25, -0.2) is 0 Å². The summed E-state index contributed by atoms with van der Waals surface area (Å²) in [7, 11) is 0. The summed E-state index contributed by atoms with van der Waals surface area (Å²) in [5.41, 5.74) is 18.6. The van der Waals surface area contributed by atoms with Crippen LogP contribution in [0.3, 0.4) is 0 Å². The summed E-state index contributed by atoms with van der Waals surface area (Å²) in [6, 6.07) is 20.5. The predicted octanol–water partition coefficient (Wildman–Crippen LogP) is 5.62. The second kappa shape index (κ2) is 8.65. The first-order valence-electron chi connectivity index (χ1n) is 11.4. The number of nitrogen functional groups attached to an aromatic ring is 2. The number of rotatable bonds is 4. The number of benzene rings is 4. The van der Waals surface area contributed by atoms with Gasteiger partial charge in [-0.15, -0.1) is 0 Å². The van der Waals surface area contributed by atoms with Gasteiger partial charge in [-0.3, -0.25) is 9.59 Å². The lowest BCUT2D eigenvalue weighted by molar-refractivity contribution is -0.116.